The van der Waals surface area contributed by atoms with Gasteiger partial charge in [-0.3, -0.25) is 4.79 Å². The van der Waals surface area contributed by atoms with E-state index in [0.717, 1.165) is 11.1 Å². The zero-order valence-electron chi connectivity index (χ0n) is 20.4. The van der Waals surface area contributed by atoms with Gasteiger partial charge in [0, 0.05) is 29.6 Å². The number of aromatic nitrogens is 1. The van der Waals surface area contributed by atoms with Gasteiger partial charge >= 0.3 is 0 Å². The van der Waals surface area contributed by atoms with Gasteiger partial charge < -0.3 is 14.2 Å². The number of morpholine rings is 1. The van der Waals surface area contributed by atoms with Crippen molar-refractivity contribution in [1.29, 1.82) is 5.26 Å². The number of rotatable bonds is 4. The topological polar surface area (TPSA) is 102 Å². The fourth-order valence-electron chi connectivity index (χ4n) is 3.76. The van der Waals surface area contributed by atoms with Crippen LogP contribution in [-0.4, -0.2) is 57.1 Å². The number of amides is 1. The quantitative estimate of drug-likeness (QED) is 0.397. The van der Waals surface area contributed by atoms with Gasteiger partial charge in [-0.1, -0.05) is 34.7 Å². The van der Waals surface area contributed by atoms with Crippen LogP contribution in [0.3, 0.4) is 0 Å². The van der Waals surface area contributed by atoms with Crippen molar-refractivity contribution >= 4 is 33.9 Å². The highest BCUT2D eigenvalue weighted by atomic mass is 32.2. The molecular weight excluding hydrogens is 460 g/mol. The Morgan fingerprint density at radius 1 is 1.14 bits per heavy atom. The van der Waals surface area contributed by atoms with Crippen LogP contribution < -0.4 is 0 Å². The lowest BCUT2D eigenvalue weighted by Gasteiger charge is -2.27. The average Bonchev–Trinajstić information content (AvgIpc) is 2.87. The molecule has 1 fully saturated rings. The second-order valence-electron chi connectivity index (χ2n) is 9.42. The molecule has 0 saturated carbocycles. The first kappa shape index (κ1) is 24.9. The van der Waals surface area contributed by atoms with Crippen LogP contribution in [0, 0.1) is 11.3 Å². The molecule has 0 radical (unpaired) electrons. The molecule has 7 nitrogen and oxygen atoms in total. The maximum atomic E-state index is 13.4. The van der Waals surface area contributed by atoms with Crippen LogP contribution in [0.25, 0.3) is 22.2 Å². The Morgan fingerprint density at radius 3 is 2.46 bits per heavy atom. The van der Waals surface area contributed by atoms with E-state index in [4.69, 9.17) is 9.72 Å². The van der Waals surface area contributed by atoms with E-state index in [2.05, 4.69) is 10.5 Å². The van der Waals surface area contributed by atoms with Crippen LogP contribution in [0.15, 0.2) is 52.9 Å². The Bertz CT molecular complexity index is 1320. The Hall–Kier alpha value is -3.25. The van der Waals surface area contributed by atoms with E-state index >= 15 is 0 Å². The molecule has 1 amide bonds. The second kappa shape index (κ2) is 10.2. The molecule has 8 heteroatoms. The molecule has 2 aromatic carbocycles. The molecule has 4 rings (SSSR count). The third kappa shape index (κ3) is 5.54. The lowest BCUT2D eigenvalue weighted by molar-refractivity contribution is 0.0304. The number of ether oxygens (including phenoxy) is 1. The van der Waals surface area contributed by atoms with Crippen molar-refractivity contribution in [2.45, 2.75) is 32.4 Å². The van der Waals surface area contributed by atoms with E-state index in [0.29, 0.717) is 59.7 Å². The van der Waals surface area contributed by atoms with Crippen molar-refractivity contribution in [1.82, 2.24) is 9.88 Å². The highest BCUT2D eigenvalue weighted by molar-refractivity contribution is 7.91. The first-order chi connectivity index (χ1) is 16.7. The summed E-state index contributed by atoms with van der Waals surface area (Å²) in [6.45, 7) is 9.63. The SMILES string of the molecule is CC(=N[S+]([O-])C(C)(C)C)c1ccc(-c2cc(C(=O)N3CCOCC3)c3ccc(C#N)cc3n2)cc1. The number of carbonyl (C=O) groups is 1. The van der Waals surface area contributed by atoms with Crippen molar-refractivity contribution in [2.75, 3.05) is 26.3 Å². The van der Waals surface area contributed by atoms with Gasteiger partial charge in [-0.2, -0.15) is 5.26 Å². The van der Waals surface area contributed by atoms with E-state index in [-0.39, 0.29) is 5.91 Å². The fraction of sp³-hybridized carbons (Fsp3) is 0.333. The number of hydrogen-bond acceptors (Lipinski definition) is 6. The van der Waals surface area contributed by atoms with Crippen molar-refractivity contribution in [2.24, 2.45) is 4.40 Å². The predicted octanol–water partition coefficient (Wildman–Crippen LogP) is 4.52. The Labute approximate surface area is 208 Å². The summed E-state index contributed by atoms with van der Waals surface area (Å²) in [6, 6.07) is 16.8. The van der Waals surface area contributed by atoms with E-state index in [1.165, 1.54) is 0 Å². The molecule has 1 aliphatic heterocycles. The first-order valence-electron chi connectivity index (χ1n) is 11.5. The summed E-state index contributed by atoms with van der Waals surface area (Å²) in [6.07, 6.45) is 0. The van der Waals surface area contributed by atoms with Gasteiger partial charge in [0.1, 0.15) is 16.1 Å². The number of fused-ring (bicyclic) bond motifs is 1. The summed E-state index contributed by atoms with van der Waals surface area (Å²) in [5, 5.41) is 10.1. The van der Waals surface area contributed by atoms with Crippen molar-refractivity contribution < 1.29 is 14.1 Å². The molecule has 1 aromatic heterocycles. The van der Waals surface area contributed by atoms with Crippen LogP contribution in [0.4, 0.5) is 0 Å². The van der Waals surface area contributed by atoms with Gasteiger partial charge in [-0.15, -0.1) is 0 Å². The smallest absolute Gasteiger partial charge is 0.254 e. The van der Waals surface area contributed by atoms with Gasteiger partial charge in [0.15, 0.2) is 0 Å². The van der Waals surface area contributed by atoms with E-state index in [1.54, 1.807) is 23.1 Å². The minimum absolute atomic E-state index is 0.0732. The summed E-state index contributed by atoms with van der Waals surface area (Å²) < 4.78 is 21.7. The van der Waals surface area contributed by atoms with Crippen molar-refractivity contribution in [3.8, 4) is 17.3 Å². The molecule has 2 heterocycles. The molecule has 3 aromatic rings. The van der Waals surface area contributed by atoms with Crippen molar-refractivity contribution in [3.05, 3.63) is 65.2 Å². The second-order valence-corrected chi connectivity index (χ2v) is 11.3. The molecular formula is C27H28N4O3S. The Kier molecular flexibility index (Phi) is 7.22. The van der Waals surface area contributed by atoms with Crippen LogP contribution in [0.2, 0.25) is 0 Å². The minimum atomic E-state index is -1.34. The Morgan fingerprint density at radius 2 is 1.83 bits per heavy atom. The van der Waals surface area contributed by atoms with E-state index in [1.807, 2.05) is 58.0 Å². The lowest BCUT2D eigenvalue weighted by Crippen LogP contribution is -2.40. The standard InChI is InChI=1S/C27H28N4O3S/c1-18(30-35(33)27(2,3)4)20-6-8-21(9-7-20)24-16-23(26(32)31-11-13-34-14-12-31)22-10-5-19(17-28)15-25(22)29-24/h5-10,15-16H,11-14H2,1-4H3. The molecule has 1 saturated heterocycles. The van der Waals surface area contributed by atoms with Gasteiger partial charge in [0.05, 0.1) is 47.3 Å². The van der Waals surface area contributed by atoms with E-state index < -0.39 is 16.1 Å². The summed E-state index contributed by atoms with van der Waals surface area (Å²) in [5.41, 5.74) is 4.67. The molecule has 1 atom stereocenters. The zero-order chi connectivity index (χ0) is 25.2. The average molecular weight is 489 g/mol. The fourth-order valence-corrected chi connectivity index (χ4v) is 4.38. The molecule has 0 bridgehead atoms. The monoisotopic (exact) mass is 488 g/mol. The minimum Gasteiger partial charge on any atom is -0.591 e. The Balaban J connectivity index is 1.74. The number of benzene rings is 2. The van der Waals surface area contributed by atoms with E-state index in [9.17, 15) is 14.6 Å². The number of hydrogen-bond donors (Lipinski definition) is 0. The predicted molar refractivity (Wildman–Crippen MR) is 139 cm³/mol. The number of nitriles is 1. The van der Waals surface area contributed by atoms with Crippen LogP contribution in [0.5, 0.6) is 0 Å². The van der Waals surface area contributed by atoms with Gasteiger partial charge in [-0.05, 0) is 45.9 Å². The maximum Gasteiger partial charge on any atom is 0.254 e. The summed E-state index contributed by atoms with van der Waals surface area (Å²) >= 11 is -1.34. The van der Waals surface area contributed by atoms with Gasteiger partial charge in [0.25, 0.3) is 5.91 Å². The first-order valence-corrected chi connectivity index (χ1v) is 12.6. The largest absolute Gasteiger partial charge is 0.591 e. The van der Waals surface area contributed by atoms with Crippen molar-refractivity contribution in [3.63, 3.8) is 0 Å². The molecule has 180 valence electrons. The molecule has 0 spiro atoms. The molecule has 0 N–H and O–H groups in total. The normalized spacial score (nSPS) is 15.7. The van der Waals surface area contributed by atoms with Crippen LogP contribution >= 0.6 is 0 Å². The number of carbonyl (C=O) groups excluding carboxylic acids is 1. The highest BCUT2D eigenvalue weighted by Crippen LogP contribution is 2.28. The molecule has 35 heavy (non-hydrogen) atoms. The number of pyridine rings is 1. The van der Waals surface area contributed by atoms with Crippen LogP contribution in [-0.2, 0) is 16.1 Å². The van der Waals surface area contributed by atoms with Crippen LogP contribution in [0.1, 0.15) is 49.2 Å². The summed E-state index contributed by atoms with van der Waals surface area (Å²) in [4.78, 5) is 20.0. The lowest BCUT2D eigenvalue weighted by atomic mass is 10.0. The summed E-state index contributed by atoms with van der Waals surface area (Å²) in [7, 11) is 0. The molecule has 0 aliphatic carbocycles. The third-order valence-electron chi connectivity index (χ3n) is 5.81. The third-order valence-corrected chi connectivity index (χ3v) is 7.30. The maximum absolute atomic E-state index is 13.4. The van der Waals surface area contributed by atoms with Gasteiger partial charge in [-0.25, -0.2) is 4.98 Å². The molecule has 1 aliphatic rings. The molecule has 1 unspecified atom stereocenters. The zero-order valence-corrected chi connectivity index (χ0v) is 21.2. The number of nitrogens with zero attached hydrogens (tertiary/aromatic N) is 4. The summed E-state index contributed by atoms with van der Waals surface area (Å²) in [5.74, 6) is -0.0732. The van der Waals surface area contributed by atoms with Gasteiger partial charge in [0.2, 0.25) is 0 Å². The highest BCUT2D eigenvalue weighted by Gasteiger charge is 2.27.